The SMILES string of the molecule is CCCCCCCCCCCCCCCCCCCCCCCCOCC(COC1OC(COC2OC(CO)C(O)C(O)C2O)C(O)C(O)C1O)OC(=O)CCCCCCCCCCCCCCC. The summed E-state index contributed by atoms with van der Waals surface area (Å²) in [5.41, 5.74) is 0. The average Bonchev–Trinajstić information content (AvgIpc) is 3.35. The minimum atomic E-state index is -1.70. The van der Waals surface area contributed by atoms with E-state index < -0.39 is 80.7 Å². The predicted octanol–water partition coefficient (Wildman–Crippen LogP) is 9.64. The van der Waals surface area contributed by atoms with Crippen LogP contribution in [0.5, 0.6) is 0 Å². The van der Waals surface area contributed by atoms with Gasteiger partial charge in [0.05, 0.1) is 26.4 Å². The maximum atomic E-state index is 13.0. The number of aliphatic hydroxyl groups is 7. The zero-order valence-electron chi connectivity index (χ0n) is 43.8. The van der Waals surface area contributed by atoms with Crippen LogP contribution in [0.1, 0.15) is 245 Å². The maximum Gasteiger partial charge on any atom is 0.306 e. The minimum absolute atomic E-state index is 0.0707. The van der Waals surface area contributed by atoms with Crippen molar-refractivity contribution in [1.82, 2.24) is 0 Å². The van der Waals surface area contributed by atoms with E-state index in [0.29, 0.717) is 6.61 Å². The van der Waals surface area contributed by atoms with Crippen LogP contribution in [-0.2, 0) is 33.2 Å². The molecule has 0 aliphatic carbocycles. The molecule has 0 saturated carbocycles. The van der Waals surface area contributed by atoms with Crippen LogP contribution in [0.2, 0.25) is 0 Å². The highest BCUT2D eigenvalue weighted by Gasteiger charge is 2.47. The van der Waals surface area contributed by atoms with Gasteiger partial charge in [0, 0.05) is 13.0 Å². The van der Waals surface area contributed by atoms with Crippen molar-refractivity contribution in [1.29, 1.82) is 0 Å². The van der Waals surface area contributed by atoms with Crippen LogP contribution in [0.15, 0.2) is 0 Å². The molecule has 0 aromatic rings. The van der Waals surface area contributed by atoms with Crippen LogP contribution in [0.4, 0.5) is 0 Å². The Morgan fingerprint density at radius 1 is 0.420 bits per heavy atom. The van der Waals surface area contributed by atoms with Gasteiger partial charge < -0.3 is 64.2 Å². The fourth-order valence-electron chi connectivity index (χ4n) is 9.46. The van der Waals surface area contributed by atoms with Gasteiger partial charge in [0.1, 0.15) is 54.9 Å². The Labute approximate surface area is 419 Å². The van der Waals surface area contributed by atoms with Crippen molar-refractivity contribution in [2.24, 2.45) is 0 Å². The molecule has 14 nitrogen and oxygen atoms in total. The lowest BCUT2D eigenvalue weighted by atomic mass is 9.98. The van der Waals surface area contributed by atoms with E-state index >= 15 is 0 Å². The first kappa shape index (κ1) is 64.1. The fraction of sp³-hybridized carbons (Fsp3) is 0.982. The Balaban J connectivity index is 1.69. The first-order valence-corrected chi connectivity index (χ1v) is 28.6. The van der Waals surface area contributed by atoms with Gasteiger partial charge in [-0.2, -0.15) is 0 Å². The molecule has 2 heterocycles. The Morgan fingerprint density at radius 3 is 1.17 bits per heavy atom. The lowest BCUT2D eigenvalue weighted by Gasteiger charge is -2.42. The Kier molecular flexibility index (Phi) is 40.3. The first-order valence-electron chi connectivity index (χ1n) is 28.6. The van der Waals surface area contributed by atoms with Crippen molar-refractivity contribution in [3.63, 3.8) is 0 Å². The number of carbonyl (C=O) groups excluding carboxylic acids is 1. The van der Waals surface area contributed by atoms with Gasteiger partial charge in [-0.1, -0.05) is 226 Å². The largest absolute Gasteiger partial charge is 0.457 e. The first-order chi connectivity index (χ1) is 33.6. The molecule has 2 aliphatic rings. The number of unbranched alkanes of at least 4 members (excludes halogenated alkanes) is 33. The summed E-state index contributed by atoms with van der Waals surface area (Å²) < 4.78 is 34.4. The van der Waals surface area contributed by atoms with Gasteiger partial charge in [-0.15, -0.1) is 0 Å². The van der Waals surface area contributed by atoms with E-state index in [1.165, 1.54) is 180 Å². The van der Waals surface area contributed by atoms with E-state index in [-0.39, 0.29) is 25.6 Å². The fourth-order valence-corrected chi connectivity index (χ4v) is 9.46. The van der Waals surface area contributed by atoms with Crippen molar-refractivity contribution in [2.45, 2.75) is 313 Å². The van der Waals surface area contributed by atoms with E-state index in [0.717, 1.165) is 44.9 Å². The van der Waals surface area contributed by atoms with E-state index in [1.807, 2.05) is 0 Å². The van der Waals surface area contributed by atoms with Gasteiger partial charge in [-0.05, 0) is 12.8 Å². The molecule has 11 unspecified atom stereocenters. The number of aliphatic hydroxyl groups excluding tert-OH is 7. The molecular weight excluding hydrogens is 885 g/mol. The third kappa shape index (κ3) is 30.7. The van der Waals surface area contributed by atoms with Gasteiger partial charge >= 0.3 is 5.97 Å². The van der Waals surface area contributed by atoms with Crippen LogP contribution >= 0.6 is 0 Å². The third-order valence-corrected chi connectivity index (χ3v) is 14.1. The van der Waals surface area contributed by atoms with Crippen LogP contribution in [0, 0.1) is 0 Å². The lowest BCUT2D eigenvalue weighted by molar-refractivity contribution is -0.332. The summed E-state index contributed by atoms with van der Waals surface area (Å²) >= 11 is 0. The number of hydrogen-bond acceptors (Lipinski definition) is 14. The van der Waals surface area contributed by atoms with Crippen LogP contribution in [-0.4, -0.2) is 142 Å². The van der Waals surface area contributed by atoms with Gasteiger partial charge in [0.2, 0.25) is 0 Å². The van der Waals surface area contributed by atoms with Crippen molar-refractivity contribution < 1.29 is 69.0 Å². The highest BCUT2D eigenvalue weighted by molar-refractivity contribution is 5.69. The summed E-state index contributed by atoms with van der Waals surface area (Å²) in [6.07, 6.45) is 28.8. The number of ether oxygens (including phenoxy) is 6. The number of esters is 1. The summed E-state index contributed by atoms with van der Waals surface area (Å²) in [6.45, 7) is 3.75. The normalized spacial score (nSPS) is 25.6. The summed E-state index contributed by atoms with van der Waals surface area (Å²) in [5, 5.41) is 72.2. The Bertz CT molecular complexity index is 1150. The molecule has 2 fully saturated rings. The minimum Gasteiger partial charge on any atom is -0.457 e. The van der Waals surface area contributed by atoms with E-state index in [2.05, 4.69) is 13.8 Å². The summed E-state index contributed by atoms with van der Waals surface area (Å²) in [5.74, 6) is -0.369. The zero-order valence-corrected chi connectivity index (χ0v) is 43.8. The zero-order chi connectivity index (χ0) is 50.2. The molecule has 2 saturated heterocycles. The van der Waals surface area contributed by atoms with Crippen molar-refractivity contribution >= 4 is 5.97 Å². The van der Waals surface area contributed by atoms with Gasteiger partial charge in [0.15, 0.2) is 12.6 Å². The Morgan fingerprint density at radius 2 is 0.768 bits per heavy atom. The standard InChI is InChI=1S/C55H106O14/c1-3-5-7-9-11-13-15-17-18-19-20-21-22-23-24-25-27-29-31-33-35-37-39-64-41-44(67-47(57)38-36-34-32-30-28-26-16-14-12-10-8-6-4-2)42-65-54-53(63)51(61)49(59)46(69-54)43-66-55-52(62)50(60)48(58)45(40-56)68-55/h44-46,48-56,58-63H,3-43H2,1-2H3. The molecular formula is C55H106O14. The number of carbonyl (C=O) groups is 1. The molecule has 0 bridgehead atoms. The molecule has 2 rings (SSSR count). The van der Waals surface area contributed by atoms with Crippen LogP contribution < -0.4 is 0 Å². The van der Waals surface area contributed by atoms with Gasteiger partial charge in [-0.3, -0.25) is 4.79 Å². The summed E-state index contributed by atoms with van der Waals surface area (Å²) in [7, 11) is 0. The van der Waals surface area contributed by atoms with E-state index in [9.17, 15) is 40.5 Å². The third-order valence-electron chi connectivity index (χ3n) is 14.1. The molecule has 14 heteroatoms. The second-order valence-corrected chi connectivity index (χ2v) is 20.5. The number of rotatable bonds is 47. The molecule has 7 N–H and O–H groups in total. The molecule has 0 aromatic heterocycles. The van der Waals surface area contributed by atoms with Crippen molar-refractivity contribution in [3.8, 4) is 0 Å². The lowest BCUT2D eigenvalue weighted by Crippen LogP contribution is -2.61. The van der Waals surface area contributed by atoms with Crippen molar-refractivity contribution in [3.05, 3.63) is 0 Å². The van der Waals surface area contributed by atoms with E-state index in [1.54, 1.807) is 0 Å². The highest BCUT2D eigenvalue weighted by Crippen LogP contribution is 2.27. The van der Waals surface area contributed by atoms with Gasteiger partial charge in [-0.25, -0.2) is 0 Å². The Hall–Kier alpha value is -1.01. The molecule has 69 heavy (non-hydrogen) atoms. The molecule has 0 amide bonds. The monoisotopic (exact) mass is 991 g/mol. The van der Waals surface area contributed by atoms with Crippen LogP contribution in [0.3, 0.4) is 0 Å². The van der Waals surface area contributed by atoms with Gasteiger partial charge in [0.25, 0.3) is 0 Å². The summed E-state index contributed by atoms with van der Waals surface area (Å²) in [6, 6.07) is 0. The quantitative estimate of drug-likeness (QED) is 0.0223. The molecule has 0 spiro atoms. The highest BCUT2D eigenvalue weighted by atomic mass is 16.7. The second-order valence-electron chi connectivity index (χ2n) is 20.5. The molecule has 0 radical (unpaired) electrons. The van der Waals surface area contributed by atoms with Crippen LogP contribution in [0.25, 0.3) is 0 Å². The van der Waals surface area contributed by atoms with E-state index in [4.69, 9.17) is 28.4 Å². The predicted molar refractivity (Wildman–Crippen MR) is 271 cm³/mol. The van der Waals surface area contributed by atoms with Crippen molar-refractivity contribution in [2.75, 3.05) is 33.0 Å². The maximum absolute atomic E-state index is 13.0. The molecule has 2 aliphatic heterocycles. The second kappa shape index (κ2) is 43.4. The molecule has 410 valence electrons. The average molecular weight is 991 g/mol. The summed E-state index contributed by atoms with van der Waals surface area (Å²) in [4.78, 5) is 13.0. The molecule has 11 atom stereocenters. The smallest absolute Gasteiger partial charge is 0.306 e. The topological polar surface area (TPSA) is 214 Å². The molecule has 0 aromatic carbocycles. The number of hydrogen-bond donors (Lipinski definition) is 7.